The molecule has 1 amide bonds. The van der Waals surface area contributed by atoms with Crippen molar-refractivity contribution in [1.29, 1.82) is 0 Å². The molecule has 0 aliphatic heterocycles. The van der Waals surface area contributed by atoms with Crippen LogP contribution in [0.25, 0.3) is 0 Å². The van der Waals surface area contributed by atoms with Crippen LogP contribution in [-0.2, 0) is 0 Å². The summed E-state index contributed by atoms with van der Waals surface area (Å²) in [5.41, 5.74) is 6.57. The molecule has 1 aromatic heterocycles. The summed E-state index contributed by atoms with van der Waals surface area (Å²) in [5.74, 6) is -0.260. The van der Waals surface area contributed by atoms with Gasteiger partial charge in [-0.15, -0.1) is 0 Å². The Hall–Kier alpha value is -2.36. The van der Waals surface area contributed by atoms with Gasteiger partial charge < -0.3 is 0 Å². The minimum atomic E-state index is -0.260. The van der Waals surface area contributed by atoms with Crippen LogP contribution in [0.3, 0.4) is 0 Å². The second-order valence-corrected chi connectivity index (χ2v) is 3.16. The highest BCUT2D eigenvalue weighted by Gasteiger charge is 2.04. The number of hydrogen-bond donors (Lipinski definition) is 2. The second-order valence-electron chi connectivity index (χ2n) is 3.16. The maximum atomic E-state index is 11.6. The maximum Gasteiger partial charge on any atom is 0.288 e. The molecule has 0 saturated carbocycles. The first kappa shape index (κ1) is 10.2. The lowest BCUT2D eigenvalue weighted by molar-refractivity contribution is 0.0958. The fourth-order valence-corrected chi connectivity index (χ4v) is 1.21. The number of para-hydroxylation sites is 1. The van der Waals surface area contributed by atoms with Gasteiger partial charge in [0.2, 0.25) is 0 Å². The highest BCUT2D eigenvalue weighted by atomic mass is 16.2. The summed E-state index contributed by atoms with van der Waals surface area (Å²) in [6.07, 6.45) is 1.58. The Morgan fingerprint density at radius 3 is 2.44 bits per heavy atom. The van der Waals surface area contributed by atoms with Gasteiger partial charge in [-0.1, -0.05) is 24.3 Å². The van der Waals surface area contributed by atoms with Crippen LogP contribution in [0, 0.1) is 0 Å². The van der Waals surface area contributed by atoms with Crippen molar-refractivity contribution in [1.82, 2.24) is 10.4 Å². The number of aromatic nitrogens is 1. The van der Waals surface area contributed by atoms with Crippen molar-refractivity contribution in [2.75, 3.05) is 5.43 Å². The maximum absolute atomic E-state index is 11.6. The molecule has 2 N–H and O–H groups in total. The predicted octanol–water partition coefficient (Wildman–Crippen LogP) is 1.84. The van der Waals surface area contributed by atoms with E-state index in [0.29, 0.717) is 5.69 Å². The number of rotatable bonds is 3. The van der Waals surface area contributed by atoms with Crippen LogP contribution in [0.1, 0.15) is 10.5 Å². The molecular formula is C12H11N3O. The normalized spacial score (nSPS) is 9.50. The monoisotopic (exact) mass is 213 g/mol. The number of carbonyl (C=O) groups excluding carboxylic acids is 1. The lowest BCUT2D eigenvalue weighted by Gasteiger charge is -2.07. The van der Waals surface area contributed by atoms with Gasteiger partial charge in [0, 0.05) is 6.20 Å². The topological polar surface area (TPSA) is 54.0 Å². The smallest absolute Gasteiger partial charge is 0.288 e. The third kappa shape index (κ3) is 2.57. The van der Waals surface area contributed by atoms with Crippen LogP contribution in [0.4, 0.5) is 5.69 Å². The zero-order chi connectivity index (χ0) is 11.2. The van der Waals surface area contributed by atoms with Crippen molar-refractivity contribution in [2.45, 2.75) is 0 Å². The van der Waals surface area contributed by atoms with Gasteiger partial charge in [0.1, 0.15) is 5.69 Å². The quantitative estimate of drug-likeness (QED) is 0.765. The molecule has 16 heavy (non-hydrogen) atoms. The highest BCUT2D eigenvalue weighted by Crippen LogP contribution is 2.03. The number of anilines is 1. The van der Waals surface area contributed by atoms with E-state index in [1.165, 1.54) is 0 Å². The number of carbonyl (C=O) groups is 1. The van der Waals surface area contributed by atoms with Crippen molar-refractivity contribution < 1.29 is 4.79 Å². The van der Waals surface area contributed by atoms with E-state index >= 15 is 0 Å². The molecule has 0 aliphatic rings. The van der Waals surface area contributed by atoms with E-state index in [1.807, 2.05) is 30.3 Å². The van der Waals surface area contributed by atoms with Gasteiger partial charge in [-0.3, -0.25) is 20.6 Å². The van der Waals surface area contributed by atoms with Gasteiger partial charge in [-0.05, 0) is 24.3 Å². The molecule has 0 bridgehead atoms. The second kappa shape index (κ2) is 4.93. The van der Waals surface area contributed by atoms with Crippen LogP contribution >= 0.6 is 0 Å². The Bertz CT molecular complexity index is 456. The highest BCUT2D eigenvalue weighted by molar-refractivity contribution is 5.92. The van der Waals surface area contributed by atoms with Crippen LogP contribution in [-0.4, -0.2) is 10.9 Å². The number of amides is 1. The van der Waals surface area contributed by atoms with Crippen LogP contribution in [0.2, 0.25) is 0 Å². The molecule has 0 unspecified atom stereocenters. The average Bonchev–Trinajstić information content (AvgIpc) is 2.38. The van der Waals surface area contributed by atoms with Gasteiger partial charge in [0.05, 0.1) is 5.69 Å². The number of benzene rings is 1. The molecule has 2 aromatic rings. The molecule has 0 atom stereocenters. The summed E-state index contributed by atoms with van der Waals surface area (Å²) in [4.78, 5) is 15.5. The summed E-state index contributed by atoms with van der Waals surface area (Å²) in [7, 11) is 0. The molecule has 0 spiro atoms. The molecule has 0 radical (unpaired) electrons. The van der Waals surface area contributed by atoms with Crippen molar-refractivity contribution in [3.63, 3.8) is 0 Å². The Morgan fingerprint density at radius 1 is 1.00 bits per heavy atom. The summed E-state index contributed by atoms with van der Waals surface area (Å²) >= 11 is 0. The first-order valence-electron chi connectivity index (χ1n) is 4.89. The minimum absolute atomic E-state index is 0.260. The van der Waals surface area contributed by atoms with E-state index in [4.69, 9.17) is 0 Å². The summed E-state index contributed by atoms with van der Waals surface area (Å²) in [6, 6.07) is 14.6. The van der Waals surface area contributed by atoms with E-state index in [0.717, 1.165) is 5.69 Å². The summed E-state index contributed by atoms with van der Waals surface area (Å²) < 4.78 is 0. The number of nitrogens with zero attached hydrogens (tertiary/aromatic N) is 1. The largest absolute Gasteiger partial charge is 0.298 e. The first-order chi connectivity index (χ1) is 7.86. The molecule has 2 rings (SSSR count). The molecule has 1 heterocycles. The average molecular weight is 213 g/mol. The third-order valence-corrected chi connectivity index (χ3v) is 1.99. The molecule has 1 aromatic carbocycles. The lowest BCUT2D eigenvalue weighted by atomic mass is 10.3. The van der Waals surface area contributed by atoms with Crippen LogP contribution in [0.5, 0.6) is 0 Å². The van der Waals surface area contributed by atoms with E-state index in [1.54, 1.807) is 24.4 Å². The molecule has 0 aliphatic carbocycles. The minimum Gasteiger partial charge on any atom is -0.298 e. The number of pyridine rings is 1. The summed E-state index contributed by atoms with van der Waals surface area (Å²) in [6.45, 7) is 0. The van der Waals surface area contributed by atoms with Gasteiger partial charge in [0.25, 0.3) is 5.91 Å². The SMILES string of the molecule is O=C(NNc1ccccc1)c1ccccn1. The van der Waals surface area contributed by atoms with Crippen molar-refractivity contribution in [2.24, 2.45) is 0 Å². The van der Waals surface area contributed by atoms with Crippen molar-refractivity contribution in [3.8, 4) is 0 Å². The van der Waals surface area contributed by atoms with Crippen molar-refractivity contribution >= 4 is 11.6 Å². The van der Waals surface area contributed by atoms with Gasteiger partial charge in [-0.2, -0.15) is 0 Å². The molecule has 80 valence electrons. The van der Waals surface area contributed by atoms with Gasteiger partial charge >= 0.3 is 0 Å². The fraction of sp³-hybridized carbons (Fsp3) is 0. The van der Waals surface area contributed by atoms with Gasteiger partial charge in [-0.25, -0.2) is 0 Å². The Balaban J connectivity index is 1.95. The van der Waals surface area contributed by atoms with E-state index in [9.17, 15) is 4.79 Å². The Labute approximate surface area is 93.3 Å². The first-order valence-corrected chi connectivity index (χ1v) is 4.89. The number of nitrogens with one attached hydrogen (secondary N) is 2. The van der Waals surface area contributed by atoms with E-state index in [2.05, 4.69) is 15.8 Å². The standard InChI is InChI=1S/C12H11N3O/c16-12(11-8-4-5-9-13-11)15-14-10-6-2-1-3-7-10/h1-9,14H,(H,15,16). The molecule has 4 nitrogen and oxygen atoms in total. The third-order valence-electron chi connectivity index (χ3n) is 1.99. The molecule has 4 heteroatoms. The van der Waals surface area contributed by atoms with Crippen LogP contribution < -0.4 is 10.9 Å². The van der Waals surface area contributed by atoms with Gasteiger partial charge in [0.15, 0.2) is 0 Å². The zero-order valence-corrected chi connectivity index (χ0v) is 8.55. The Kier molecular flexibility index (Phi) is 3.13. The zero-order valence-electron chi connectivity index (χ0n) is 8.55. The Morgan fingerprint density at radius 2 is 1.75 bits per heavy atom. The fourth-order valence-electron chi connectivity index (χ4n) is 1.21. The molecule has 0 fully saturated rings. The predicted molar refractivity (Wildman–Crippen MR) is 61.8 cm³/mol. The van der Waals surface area contributed by atoms with E-state index < -0.39 is 0 Å². The lowest BCUT2D eigenvalue weighted by Crippen LogP contribution is -2.29. The summed E-state index contributed by atoms with van der Waals surface area (Å²) in [5, 5.41) is 0. The molecular weight excluding hydrogens is 202 g/mol. The number of hydrogen-bond acceptors (Lipinski definition) is 3. The number of hydrazine groups is 1. The van der Waals surface area contributed by atoms with Crippen LogP contribution in [0.15, 0.2) is 54.7 Å². The molecule has 0 saturated heterocycles. The van der Waals surface area contributed by atoms with E-state index in [-0.39, 0.29) is 5.91 Å². The van der Waals surface area contributed by atoms with Crippen molar-refractivity contribution in [3.05, 3.63) is 60.4 Å².